The summed E-state index contributed by atoms with van der Waals surface area (Å²) in [6.45, 7) is 9.28. The average molecular weight is 400 g/mol. The normalized spacial score (nSPS) is 11.7. The molecule has 2 aromatic rings. The first-order valence-corrected chi connectivity index (χ1v) is 9.62. The van der Waals surface area contributed by atoms with Gasteiger partial charge < -0.3 is 19.4 Å². The number of ketones is 1. The summed E-state index contributed by atoms with van der Waals surface area (Å²) < 4.78 is 10.2. The molecular weight excluding hydrogens is 372 g/mol. The zero-order chi connectivity index (χ0) is 21.7. The third-order valence-corrected chi connectivity index (χ3v) is 4.93. The van der Waals surface area contributed by atoms with Crippen LogP contribution in [0.5, 0.6) is 5.75 Å². The Morgan fingerprint density at radius 2 is 1.86 bits per heavy atom. The molecule has 0 bridgehead atoms. The molecule has 1 unspecified atom stereocenters. The van der Waals surface area contributed by atoms with Crippen LogP contribution in [0.4, 0.5) is 0 Å². The Hall–Kier alpha value is -3.09. The number of Topliss-reactive ketones (excluding diaryl/α,β-unsaturated/α-hetero) is 1. The highest BCUT2D eigenvalue weighted by atomic mass is 16.5. The number of rotatable bonds is 8. The summed E-state index contributed by atoms with van der Waals surface area (Å²) in [6.07, 6.45) is 0. The molecule has 0 aliphatic rings. The minimum Gasteiger partial charge on any atom is -0.497 e. The number of nitrogens with zero attached hydrogens (tertiary/aromatic N) is 1. The van der Waals surface area contributed by atoms with Crippen molar-refractivity contribution in [1.82, 2.24) is 9.88 Å². The molecule has 1 atom stereocenters. The van der Waals surface area contributed by atoms with Crippen LogP contribution in [0.3, 0.4) is 0 Å². The van der Waals surface area contributed by atoms with Crippen molar-refractivity contribution in [2.75, 3.05) is 20.3 Å². The van der Waals surface area contributed by atoms with E-state index in [2.05, 4.69) is 4.98 Å². The van der Waals surface area contributed by atoms with Gasteiger partial charge in [0, 0.05) is 23.4 Å². The van der Waals surface area contributed by atoms with E-state index in [-0.39, 0.29) is 24.0 Å². The monoisotopic (exact) mass is 400 g/mol. The molecule has 0 saturated carbocycles. The number of esters is 1. The molecule has 7 heteroatoms. The van der Waals surface area contributed by atoms with Crippen molar-refractivity contribution in [1.29, 1.82) is 0 Å². The zero-order valence-corrected chi connectivity index (χ0v) is 17.8. The third-order valence-electron chi connectivity index (χ3n) is 4.93. The van der Waals surface area contributed by atoms with Gasteiger partial charge in [-0.25, -0.2) is 4.79 Å². The number of aryl methyl sites for hydroxylation is 1. The molecule has 0 fully saturated rings. The van der Waals surface area contributed by atoms with Crippen LogP contribution < -0.4 is 4.74 Å². The Labute approximate surface area is 171 Å². The number of H-pyrrole nitrogens is 1. The largest absolute Gasteiger partial charge is 0.497 e. The first kappa shape index (κ1) is 22.2. The van der Waals surface area contributed by atoms with Gasteiger partial charge in [-0.1, -0.05) is 6.07 Å². The van der Waals surface area contributed by atoms with Crippen molar-refractivity contribution in [2.45, 2.75) is 40.7 Å². The number of carbonyl (C=O) groups is 3. The lowest BCUT2D eigenvalue weighted by molar-refractivity contribution is 0.0519. The number of hydrogen-bond acceptors (Lipinski definition) is 5. The van der Waals surface area contributed by atoms with E-state index < -0.39 is 12.0 Å². The second kappa shape index (κ2) is 9.41. The number of benzene rings is 1. The van der Waals surface area contributed by atoms with Crippen LogP contribution in [0.25, 0.3) is 0 Å². The van der Waals surface area contributed by atoms with Crippen LogP contribution in [-0.4, -0.2) is 53.8 Å². The molecule has 1 aromatic carbocycles. The summed E-state index contributed by atoms with van der Waals surface area (Å²) in [5.74, 6) is -0.421. The van der Waals surface area contributed by atoms with E-state index >= 15 is 0 Å². The number of aromatic nitrogens is 1. The quantitative estimate of drug-likeness (QED) is 0.541. The van der Waals surface area contributed by atoms with Crippen LogP contribution in [0, 0.1) is 13.8 Å². The van der Waals surface area contributed by atoms with Crippen LogP contribution in [-0.2, 0) is 4.74 Å². The van der Waals surface area contributed by atoms with Crippen LogP contribution in [0.1, 0.15) is 63.2 Å². The second-order valence-corrected chi connectivity index (χ2v) is 6.71. The standard InChI is InChI=1S/C22H28N2O5/c1-7-24(21(26)16-10-9-11-17(12-16)28-6)15(5)20(25)18-13(3)19(23-14(18)4)22(27)29-8-2/h9-12,15,23H,7-8H2,1-6H3. The van der Waals surface area contributed by atoms with E-state index in [1.165, 1.54) is 12.0 Å². The summed E-state index contributed by atoms with van der Waals surface area (Å²) in [5.41, 5.74) is 2.23. The molecule has 0 saturated heterocycles. The van der Waals surface area contributed by atoms with Crippen molar-refractivity contribution in [2.24, 2.45) is 0 Å². The van der Waals surface area contributed by atoms with E-state index in [1.54, 1.807) is 52.0 Å². The van der Waals surface area contributed by atoms with Crippen LogP contribution in [0.2, 0.25) is 0 Å². The van der Waals surface area contributed by atoms with Gasteiger partial charge in [-0.2, -0.15) is 0 Å². The summed E-state index contributed by atoms with van der Waals surface area (Å²) >= 11 is 0. The van der Waals surface area contributed by atoms with E-state index in [9.17, 15) is 14.4 Å². The average Bonchev–Trinajstić information content (AvgIpc) is 3.02. The van der Waals surface area contributed by atoms with Crippen molar-refractivity contribution >= 4 is 17.7 Å². The van der Waals surface area contributed by atoms with Gasteiger partial charge in [0.05, 0.1) is 19.8 Å². The van der Waals surface area contributed by atoms with Gasteiger partial charge >= 0.3 is 5.97 Å². The molecular formula is C22H28N2O5. The number of amides is 1. The fourth-order valence-electron chi connectivity index (χ4n) is 3.39. The third kappa shape index (κ3) is 4.50. The molecule has 156 valence electrons. The van der Waals surface area contributed by atoms with Crippen molar-refractivity contribution < 1.29 is 23.9 Å². The van der Waals surface area contributed by atoms with E-state index in [0.29, 0.717) is 34.7 Å². The van der Waals surface area contributed by atoms with Gasteiger partial charge in [-0.05, 0) is 58.4 Å². The van der Waals surface area contributed by atoms with Crippen LogP contribution in [0.15, 0.2) is 24.3 Å². The van der Waals surface area contributed by atoms with E-state index in [1.807, 2.05) is 6.92 Å². The summed E-state index contributed by atoms with van der Waals surface area (Å²) in [6, 6.07) is 6.12. The molecule has 1 heterocycles. The molecule has 0 aliphatic heterocycles. The van der Waals surface area contributed by atoms with Crippen molar-refractivity contribution in [3.63, 3.8) is 0 Å². The molecule has 1 amide bonds. The highest BCUT2D eigenvalue weighted by Gasteiger charge is 2.31. The molecule has 1 N–H and O–H groups in total. The fourth-order valence-corrected chi connectivity index (χ4v) is 3.39. The molecule has 29 heavy (non-hydrogen) atoms. The summed E-state index contributed by atoms with van der Waals surface area (Å²) in [7, 11) is 1.53. The lowest BCUT2D eigenvalue weighted by Gasteiger charge is -2.27. The van der Waals surface area contributed by atoms with Crippen molar-refractivity contribution in [3.8, 4) is 5.75 Å². The second-order valence-electron chi connectivity index (χ2n) is 6.71. The SMILES string of the molecule is CCOC(=O)c1[nH]c(C)c(C(=O)C(C)N(CC)C(=O)c2cccc(OC)c2)c1C. The van der Waals surface area contributed by atoms with Gasteiger partial charge in [-0.15, -0.1) is 0 Å². The number of carbonyl (C=O) groups excluding carboxylic acids is 3. The summed E-state index contributed by atoms with van der Waals surface area (Å²) in [5, 5.41) is 0. The summed E-state index contributed by atoms with van der Waals surface area (Å²) in [4.78, 5) is 42.9. The number of aromatic amines is 1. The van der Waals surface area contributed by atoms with Gasteiger partial charge in [0.1, 0.15) is 11.4 Å². The molecule has 7 nitrogen and oxygen atoms in total. The van der Waals surface area contributed by atoms with Gasteiger partial charge in [0.2, 0.25) is 0 Å². The van der Waals surface area contributed by atoms with Gasteiger partial charge in [-0.3, -0.25) is 9.59 Å². The number of ether oxygens (including phenoxy) is 2. The maximum Gasteiger partial charge on any atom is 0.355 e. The van der Waals surface area contributed by atoms with Crippen LogP contribution >= 0.6 is 0 Å². The molecule has 0 aliphatic carbocycles. The Kier molecular flexibility index (Phi) is 7.20. The highest BCUT2D eigenvalue weighted by molar-refractivity contribution is 6.07. The van der Waals surface area contributed by atoms with Gasteiger partial charge in [0.25, 0.3) is 5.91 Å². The highest BCUT2D eigenvalue weighted by Crippen LogP contribution is 2.23. The Balaban J connectivity index is 2.34. The Bertz CT molecular complexity index is 916. The first-order valence-electron chi connectivity index (χ1n) is 9.62. The number of hydrogen-bond donors (Lipinski definition) is 1. The van der Waals surface area contributed by atoms with Gasteiger partial charge in [0.15, 0.2) is 5.78 Å². The maximum atomic E-state index is 13.2. The molecule has 2 rings (SSSR count). The lowest BCUT2D eigenvalue weighted by atomic mass is 9.99. The smallest absolute Gasteiger partial charge is 0.355 e. The number of methoxy groups -OCH3 is 1. The topological polar surface area (TPSA) is 88.7 Å². The molecule has 1 aromatic heterocycles. The first-order chi connectivity index (χ1) is 13.8. The van der Waals surface area contributed by atoms with E-state index in [4.69, 9.17) is 9.47 Å². The molecule has 0 radical (unpaired) electrons. The number of likely N-dealkylation sites (N-methyl/N-ethyl adjacent to an activating group) is 1. The lowest BCUT2D eigenvalue weighted by Crippen LogP contribution is -2.43. The zero-order valence-electron chi connectivity index (χ0n) is 17.8. The Morgan fingerprint density at radius 1 is 1.17 bits per heavy atom. The minimum absolute atomic E-state index is 0.232. The Morgan fingerprint density at radius 3 is 2.45 bits per heavy atom. The predicted octanol–water partition coefficient (Wildman–Crippen LogP) is 3.55. The number of nitrogens with one attached hydrogen (secondary N) is 1. The van der Waals surface area contributed by atoms with E-state index in [0.717, 1.165) is 0 Å². The fraction of sp³-hybridized carbons (Fsp3) is 0.409. The molecule has 0 spiro atoms. The predicted molar refractivity (Wildman–Crippen MR) is 110 cm³/mol. The van der Waals surface area contributed by atoms with Crippen molar-refractivity contribution in [3.05, 3.63) is 52.3 Å². The minimum atomic E-state index is -0.707. The maximum absolute atomic E-state index is 13.2.